The summed E-state index contributed by atoms with van der Waals surface area (Å²) in [7, 11) is 0. The van der Waals surface area contributed by atoms with E-state index in [1.807, 2.05) is 6.07 Å². The molecule has 1 atom stereocenters. The van der Waals surface area contributed by atoms with Gasteiger partial charge in [-0.3, -0.25) is 4.79 Å². The zero-order valence-electron chi connectivity index (χ0n) is 8.81. The Bertz CT molecular complexity index is 395. The van der Waals surface area contributed by atoms with Gasteiger partial charge < -0.3 is 10.5 Å². The summed E-state index contributed by atoms with van der Waals surface area (Å²) in [6, 6.07) is 9.03. The number of halogens is 2. The largest absolute Gasteiger partial charge is 0.438 e. The Morgan fingerprint density at radius 3 is 2.29 bits per heavy atom. The van der Waals surface area contributed by atoms with Crippen molar-refractivity contribution in [2.45, 2.75) is 17.4 Å². The molecule has 0 spiro atoms. The van der Waals surface area contributed by atoms with Gasteiger partial charge in [-0.15, -0.1) is 0 Å². The first-order valence-corrected chi connectivity index (χ1v) is 5.70. The summed E-state index contributed by atoms with van der Waals surface area (Å²) in [5.74, 6) is -0.587. The van der Waals surface area contributed by atoms with E-state index in [1.54, 1.807) is 24.3 Å². The molecule has 0 unspecified atom stereocenters. The van der Waals surface area contributed by atoms with Crippen molar-refractivity contribution in [2.24, 2.45) is 5.73 Å². The van der Waals surface area contributed by atoms with E-state index in [0.29, 0.717) is 0 Å². The summed E-state index contributed by atoms with van der Waals surface area (Å²) in [6.45, 7) is 0. The number of hydrogen-bond donors (Lipinski definition) is 1. The van der Waals surface area contributed by atoms with Crippen LogP contribution in [0.1, 0.15) is 5.56 Å². The molecule has 92 valence electrons. The Morgan fingerprint density at radius 2 is 1.82 bits per heavy atom. The number of benzene rings is 1. The van der Waals surface area contributed by atoms with E-state index in [0.717, 1.165) is 5.56 Å². The van der Waals surface area contributed by atoms with E-state index >= 15 is 0 Å². The molecular weight excluding hydrogens is 265 g/mol. The summed E-state index contributed by atoms with van der Waals surface area (Å²) < 4.78 is 4.70. The topological polar surface area (TPSA) is 69.4 Å². The zero-order chi connectivity index (χ0) is 12.8. The Balaban J connectivity index is 2.77. The van der Waals surface area contributed by atoms with Gasteiger partial charge in [-0.2, -0.15) is 0 Å². The number of hydrogen-bond acceptors (Lipinski definition) is 3. The van der Waals surface area contributed by atoms with Crippen LogP contribution in [0.15, 0.2) is 30.3 Å². The van der Waals surface area contributed by atoms with Gasteiger partial charge in [0.25, 0.3) is 0 Å². The van der Waals surface area contributed by atoms with Crippen LogP contribution in [-0.4, -0.2) is 22.8 Å². The number of Topliss-reactive ketones (excluding diaryl/α,β-unsaturated/α-hetero) is 1. The quantitative estimate of drug-likeness (QED) is 0.837. The predicted molar refractivity (Wildman–Crippen MR) is 65.1 cm³/mol. The van der Waals surface area contributed by atoms with Crippen LogP contribution >= 0.6 is 23.2 Å². The van der Waals surface area contributed by atoms with E-state index < -0.39 is 22.8 Å². The van der Waals surface area contributed by atoms with Crippen LogP contribution in [0.5, 0.6) is 0 Å². The first-order valence-electron chi connectivity index (χ1n) is 4.82. The van der Waals surface area contributed by atoms with Gasteiger partial charge in [0.05, 0.1) is 0 Å². The molecule has 0 bridgehead atoms. The predicted octanol–water partition coefficient (Wildman–Crippen LogP) is 2.07. The van der Waals surface area contributed by atoms with Crippen LogP contribution in [0.3, 0.4) is 0 Å². The maximum absolute atomic E-state index is 11.6. The van der Waals surface area contributed by atoms with Crippen molar-refractivity contribution >= 4 is 35.1 Å². The van der Waals surface area contributed by atoms with E-state index in [-0.39, 0.29) is 6.42 Å². The van der Waals surface area contributed by atoms with E-state index in [2.05, 4.69) is 0 Å². The summed E-state index contributed by atoms with van der Waals surface area (Å²) in [5, 5.41) is 0. The second-order valence-corrected chi connectivity index (χ2v) is 4.41. The van der Waals surface area contributed by atoms with Crippen molar-refractivity contribution in [2.75, 3.05) is 0 Å². The number of primary amides is 1. The molecule has 0 aliphatic heterocycles. The molecule has 1 aromatic carbocycles. The van der Waals surface area contributed by atoms with Gasteiger partial charge in [0.1, 0.15) is 0 Å². The number of ketones is 1. The standard InChI is InChI=1S/C11H11Cl2NO3/c12-10(13)9(15)8(17-11(14)16)6-7-4-2-1-3-5-7/h1-5,8,10H,6H2,(H2,14,16)/t8-/m0/s1. The third-order valence-electron chi connectivity index (χ3n) is 2.05. The number of amides is 1. The van der Waals surface area contributed by atoms with Crippen LogP contribution < -0.4 is 5.73 Å². The number of ether oxygens (including phenoxy) is 1. The lowest BCUT2D eigenvalue weighted by Crippen LogP contribution is -2.35. The van der Waals surface area contributed by atoms with Gasteiger partial charge in [0.2, 0.25) is 5.78 Å². The lowest BCUT2D eigenvalue weighted by Gasteiger charge is -2.15. The van der Waals surface area contributed by atoms with Gasteiger partial charge >= 0.3 is 6.09 Å². The van der Waals surface area contributed by atoms with Crippen LogP contribution in [-0.2, 0) is 16.0 Å². The van der Waals surface area contributed by atoms with Crippen LogP contribution in [0.2, 0.25) is 0 Å². The molecule has 17 heavy (non-hydrogen) atoms. The van der Waals surface area contributed by atoms with Gasteiger partial charge in [0, 0.05) is 6.42 Å². The molecule has 0 saturated carbocycles. The molecule has 1 amide bonds. The molecule has 0 saturated heterocycles. The zero-order valence-corrected chi connectivity index (χ0v) is 10.3. The lowest BCUT2D eigenvalue weighted by molar-refractivity contribution is -0.125. The van der Waals surface area contributed by atoms with E-state index in [4.69, 9.17) is 33.7 Å². The van der Waals surface area contributed by atoms with Crippen molar-refractivity contribution in [3.8, 4) is 0 Å². The first-order chi connectivity index (χ1) is 8.00. The fourth-order valence-corrected chi connectivity index (χ4v) is 1.59. The third-order valence-corrected chi connectivity index (χ3v) is 2.48. The second-order valence-electron chi connectivity index (χ2n) is 3.32. The average Bonchev–Trinajstić information content (AvgIpc) is 2.28. The summed E-state index contributed by atoms with van der Waals surface area (Å²) in [6.07, 6.45) is -1.90. The Kier molecular flexibility index (Phi) is 5.25. The number of alkyl halides is 2. The molecule has 0 aromatic heterocycles. The maximum Gasteiger partial charge on any atom is 0.405 e. The molecule has 4 nitrogen and oxygen atoms in total. The van der Waals surface area contributed by atoms with Crippen LogP contribution in [0.25, 0.3) is 0 Å². The summed E-state index contributed by atoms with van der Waals surface area (Å²) in [5.41, 5.74) is 5.71. The second kappa shape index (κ2) is 6.47. The summed E-state index contributed by atoms with van der Waals surface area (Å²) >= 11 is 10.9. The fourth-order valence-electron chi connectivity index (χ4n) is 1.31. The monoisotopic (exact) mass is 275 g/mol. The van der Waals surface area contributed by atoms with Crippen LogP contribution in [0, 0.1) is 0 Å². The Hall–Kier alpha value is -1.26. The highest BCUT2D eigenvalue weighted by atomic mass is 35.5. The van der Waals surface area contributed by atoms with Gasteiger partial charge in [-0.05, 0) is 5.56 Å². The molecule has 0 heterocycles. The SMILES string of the molecule is NC(=O)O[C@@H](Cc1ccccc1)C(=O)C(Cl)Cl. The lowest BCUT2D eigenvalue weighted by atomic mass is 10.1. The molecule has 0 aliphatic carbocycles. The Labute approximate surface area is 109 Å². The molecule has 1 aromatic rings. The van der Waals surface area contributed by atoms with Gasteiger partial charge in [0.15, 0.2) is 10.9 Å². The molecule has 0 fully saturated rings. The number of rotatable bonds is 5. The highest BCUT2D eigenvalue weighted by Gasteiger charge is 2.27. The van der Waals surface area contributed by atoms with Crippen LogP contribution in [0.4, 0.5) is 4.79 Å². The number of carbonyl (C=O) groups is 2. The first kappa shape index (κ1) is 13.8. The van der Waals surface area contributed by atoms with E-state index in [9.17, 15) is 9.59 Å². The number of nitrogens with two attached hydrogens (primary N) is 1. The maximum atomic E-state index is 11.6. The molecular formula is C11H11Cl2NO3. The van der Waals surface area contributed by atoms with Crippen molar-refractivity contribution in [1.82, 2.24) is 0 Å². The van der Waals surface area contributed by atoms with Gasteiger partial charge in [-0.1, -0.05) is 53.5 Å². The number of carbonyl (C=O) groups excluding carboxylic acids is 2. The van der Waals surface area contributed by atoms with E-state index in [1.165, 1.54) is 0 Å². The minimum atomic E-state index is -1.25. The molecule has 2 N–H and O–H groups in total. The third kappa shape index (κ3) is 4.63. The normalized spacial score (nSPS) is 12.2. The molecule has 1 rings (SSSR count). The fraction of sp³-hybridized carbons (Fsp3) is 0.273. The highest BCUT2D eigenvalue weighted by molar-refractivity contribution is 6.54. The van der Waals surface area contributed by atoms with Crippen molar-refractivity contribution in [3.63, 3.8) is 0 Å². The molecule has 6 heteroatoms. The Morgan fingerprint density at radius 1 is 1.24 bits per heavy atom. The van der Waals surface area contributed by atoms with Gasteiger partial charge in [-0.25, -0.2) is 4.79 Å². The van der Waals surface area contributed by atoms with Crippen molar-refractivity contribution < 1.29 is 14.3 Å². The minimum Gasteiger partial charge on any atom is -0.438 e. The molecule has 0 radical (unpaired) electrons. The molecule has 0 aliphatic rings. The average molecular weight is 276 g/mol. The minimum absolute atomic E-state index is 0.193. The van der Waals surface area contributed by atoms with Crippen molar-refractivity contribution in [1.29, 1.82) is 0 Å². The smallest absolute Gasteiger partial charge is 0.405 e. The highest BCUT2D eigenvalue weighted by Crippen LogP contribution is 2.13. The van der Waals surface area contributed by atoms with Crippen molar-refractivity contribution in [3.05, 3.63) is 35.9 Å². The summed E-state index contributed by atoms with van der Waals surface area (Å²) in [4.78, 5) is 21.0.